The van der Waals surface area contributed by atoms with Gasteiger partial charge in [-0.2, -0.15) is 0 Å². The van der Waals surface area contributed by atoms with Gasteiger partial charge in [0, 0.05) is 23.5 Å². The Morgan fingerprint density at radius 2 is 1.81 bits per heavy atom. The van der Waals surface area contributed by atoms with Crippen LogP contribution in [0.25, 0.3) is 16.2 Å². The molecule has 3 heterocycles. The van der Waals surface area contributed by atoms with Crippen molar-refractivity contribution in [1.29, 1.82) is 0 Å². The van der Waals surface area contributed by atoms with Gasteiger partial charge in [-0.05, 0) is 48.4 Å². The number of fused-ring (bicyclic) bond motifs is 1. The van der Waals surface area contributed by atoms with Crippen molar-refractivity contribution in [3.8, 4) is 11.3 Å². The zero-order valence-electron chi connectivity index (χ0n) is 17.5. The highest BCUT2D eigenvalue weighted by Crippen LogP contribution is 2.31. The number of carbonyl (C=O) groups is 1. The first kappa shape index (κ1) is 21.5. The summed E-state index contributed by atoms with van der Waals surface area (Å²) >= 11 is 9.04. The fourth-order valence-electron chi connectivity index (χ4n) is 4.16. The third-order valence-corrected chi connectivity index (χ3v) is 7.90. The third kappa shape index (κ3) is 4.70. The largest absolute Gasteiger partial charge is 0.342 e. The summed E-state index contributed by atoms with van der Waals surface area (Å²) in [6.45, 7) is 1.67. The van der Waals surface area contributed by atoms with Gasteiger partial charge in [-0.1, -0.05) is 65.8 Å². The molecule has 1 saturated heterocycles. The summed E-state index contributed by atoms with van der Waals surface area (Å²) in [5.74, 6) is 1.20. The molecule has 0 bridgehead atoms. The number of nitrogens with zero attached hydrogens (tertiary/aromatic N) is 4. The van der Waals surface area contributed by atoms with Crippen molar-refractivity contribution in [2.45, 2.75) is 24.4 Å². The molecule has 1 amide bonds. The first-order valence-corrected chi connectivity index (χ1v) is 12.9. The van der Waals surface area contributed by atoms with E-state index in [4.69, 9.17) is 11.6 Å². The van der Waals surface area contributed by atoms with Crippen LogP contribution in [0.1, 0.15) is 18.4 Å². The summed E-state index contributed by atoms with van der Waals surface area (Å²) in [4.78, 5) is 15.7. The number of thiazole rings is 1. The van der Waals surface area contributed by atoms with Crippen LogP contribution in [0.15, 0.2) is 65.1 Å². The molecule has 5 nitrogen and oxygen atoms in total. The Kier molecular flexibility index (Phi) is 6.48. The Morgan fingerprint density at radius 3 is 2.56 bits per heavy atom. The minimum atomic E-state index is 0.174. The van der Waals surface area contributed by atoms with Crippen molar-refractivity contribution >= 4 is 45.6 Å². The van der Waals surface area contributed by atoms with Gasteiger partial charge >= 0.3 is 0 Å². The lowest BCUT2D eigenvalue weighted by Crippen LogP contribution is -2.39. The van der Waals surface area contributed by atoms with Gasteiger partial charge in [0.05, 0.1) is 11.4 Å². The quantitative estimate of drug-likeness (QED) is 0.331. The van der Waals surface area contributed by atoms with E-state index in [1.54, 1.807) is 11.3 Å². The molecular formula is C24H23ClN4OS2. The number of rotatable bonds is 6. The maximum Gasteiger partial charge on any atom is 0.233 e. The minimum absolute atomic E-state index is 0.174. The van der Waals surface area contributed by atoms with Crippen molar-refractivity contribution in [2.75, 3.05) is 18.8 Å². The lowest BCUT2D eigenvalue weighted by molar-refractivity contribution is -0.129. The third-order valence-electron chi connectivity index (χ3n) is 5.92. The molecule has 0 atom stereocenters. The second-order valence-electron chi connectivity index (χ2n) is 8.03. The molecule has 2 aromatic heterocycles. The Balaban J connectivity index is 1.20. The molecule has 0 aliphatic carbocycles. The van der Waals surface area contributed by atoms with E-state index in [-0.39, 0.29) is 5.91 Å². The van der Waals surface area contributed by atoms with E-state index >= 15 is 0 Å². The molecule has 164 valence electrons. The van der Waals surface area contributed by atoms with Crippen LogP contribution < -0.4 is 0 Å². The highest BCUT2D eigenvalue weighted by molar-refractivity contribution is 7.99. The summed E-state index contributed by atoms with van der Waals surface area (Å²) in [5.41, 5.74) is 3.45. The predicted octanol–water partition coefficient (Wildman–Crippen LogP) is 5.68. The monoisotopic (exact) mass is 482 g/mol. The number of thioether (sulfide) groups is 1. The summed E-state index contributed by atoms with van der Waals surface area (Å²) < 4.78 is 2.03. The first-order valence-electron chi connectivity index (χ1n) is 10.7. The Morgan fingerprint density at radius 1 is 1.06 bits per heavy atom. The van der Waals surface area contributed by atoms with Gasteiger partial charge in [0.2, 0.25) is 10.9 Å². The topological polar surface area (TPSA) is 50.5 Å². The normalized spacial score (nSPS) is 14.8. The molecule has 32 heavy (non-hydrogen) atoms. The maximum atomic E-state index is 12.9. The maximum absolute atomic E-state index is 12.9. The highest BCUT2D eigenvalue weighted by atomic mass is 35.5. The van der Waals surface area contributed by atoms with Gasteiger partial charge in [0.1, 0.15) is 0 Å². The molecule has 8 heteroatoms. The number of carbonyl (C=O) groups excluding carboxylic acids is 1. The average Bonchev–Trinajstić information content (AvgIpc) is 3.42. The number of aromatic nitrogens is 3. The van der Waals surface area contributed by atoms with Gasteiger partial charge in [-0.25, -0.2) is 0 Å². The molecular weight excluding hydrogens is 460 g/mol. The molecule has 0 unspecified atom stereocenters. The number of benzene rings is 2. The van der Waals surface area contributed by atoms with E-state index < -0.39 is 0 Å². The fourth-order valence-corrected chi connectivity index (χ4v) is 6.03. The van der Waals surface area contributed by atoms with Crippen LogP contribution >= 0.6 is 34.7 Å². The van der Waals surface area contributed by atoms with Gasteiger partial charge in [-0.3, -0.25) is 9.20 Å². The van der Waals surface area contributed by atoms with Crippen molar-refractivity contribution < 1.29 is 4.79 Å². The smallest absolute Gasteiger partial charge is 0.233 e. The summed E-state index contributed by atoms with van der Waals surface area (Å²) in [5, 5.41) is 12.1. The second kappa shape index (κ2) is 9.65. The van der Waals surface area contributed by atoms with Crippen LogP contribution in [0.5, 0.6) is 0 Å². The van der Waals surface area contributed by atoms with Gasteiger partial charge in [0.25, 0.3) is 0 Å². The lowest BCUT2D eigenvalue weighted by Gasteiger charge is -2.32. The van der Waals surface area contributed by atoms with Crippen molar-refractivity contribution in [3.05, 3.63) is 70.6 Å². The number of likely N-dealkylation sites (tertiary alicyclic amines) is 1. The highest BCUT2D eigenvalue weighted by Gasteiger charge is 2.24. The molecule has 0 radical (unpaired) electrons. The van der Waals surface area contributed by atoms with Crippen molar-refractivity contribution in [3.63, 3.8) is 0 Å². The van der Waals surface area contributed by atoms with E-state index in [2.05, 4.69) is 45.9 Å². The molecule has 0 spiro atoms. The van der Waals surface area contributed by atoms with E-state index in [1.807, 2.05) is 33.6 Å². The van der Waals surface area contributed by atoms with Crippen molar-refractivity contribution in [2.24, 2.45) is 5.92 Å². The van der Waals surface area contributed by atoms with Gasteiger partial charge in [0.15, 0.2) is 5.16 Å². The van der Waals surface area contributed by atoms with E-state index in [0.717, 1.165) is 53.7 Å². The Labute approximate surface area is 200 Å². The molecule has 1 fully saturated rings. The van der Waals surface area contributed by atoms with E-state index in [0.29, 0.717) is 16.7 Å². The standard InChI is InChI=1S/C24H23ClN4OS2/c25-20-8-6-19(7-9-20)21-15-31-23-26-27-24(29(21)23)32-16-22(30)28-12-10-18(11-13-28)14-17-4-2-1-3-5-17/h1-9,15,18H,10-14,16H2. The molecule has 2 aromatic carbocycles. The first-order chi connectivity index (χ1) is 15.7. The SMILES string of the molecule is O=C(CSc1nnc2scc(-c3ccc(Cl)cc3)n12)N1CCC(Cc2ccccc2)CC1. The van der Waals surface area contributed by atoms with E-state index in [9.17, 15) is 4.79 Å². The van der Waals surface area contributed by atoms with Gasteiger partial charge in [-0.15, -0.1) is 21.5 Å². The Hall–Kier alpha value is -2.35. The molecule has 1 aliphatic heterocycles. The second-order valence-corrected chi connectivity index (χ2v) is 10.2. The minimum Gasteiger partial charge on any atom is -0.342 e. The van der Waals surface area contributed by atoms with Crippen molar-refractivity contribution in [1.82, 2.24) is 19.5 Å². The number of hydrogen-bond donors (Lipinski definition) is 0. The molecule has 0 N–H and O–H groups in total. The number of amides is 1. The average molecular weight is 483 g/mol. The number of piperidine rings is 1. The number of hydrogen-bond acceptors (Lipinski definition) is 5. The van der Waals surface area contributed by atoms with Crippen LogP contribution in [0.3, 0.4) is 0 Å². The molecule has 5 rings (SSSR count). The summed E-state index contributed by atoms with van der Waals surface area (Å²) in [6.07, 6.45) is 3.22. The van der Waals surface area contributed by atoms with Crippen LogP contribution in [0.2, 0.25) is 5.02 Å². The fraction of sp³-hybridized carbons (Fsp3) is 0.292. The van der Waals surface area contributed by atoms with Crippen LogP contribution in [-0.4, -0.2) is 44.2 Å². The summed E-state index contributed by atoms with van der Waals surface area (Å²) in [6, 6.07) is 18.4. The lowest BCUT2D eigenvalue weighted by atomic mass is 9.90. The Bertz CT molecular complexity index is 1200. The van der Waals surface area contributed by atoms with Crippen LogP contribution in [-0.2, 0) is 11.2 Å². The zero-order valence-corrected chi connectivity index (χ0v) is 19.9. The summed E-state index contributed by atoms with van der Waals surface area (Å²) in [7, 11) is 0. The number of halogens is 1. The molecule has 0 saturated carbocycles. The van der Waals surface area contributed by atoms with Crippen LogP contribution in [0.4, 0.5) is 0 Å². The predicted molar refractivity (Wildman–Crippen MR) is 131 cm³/mol. The van der Waals surface area contributed by atoms with E-state index in [1.165, 1.54) is 17.3 Å². The molecule has 1 aliphatic rings. The van der Waals surface area contributed by atoms with Crippen LogP contribution in [0, 0.1) is 5.92 Å². The zero-order chi connectivity index (χ0) is 21.9. The van der Waals surface area contributed by atoms with Gasteiger partial charge < -0.3 is 4.90 Å². The molecule has 4 aromatic rings.